The summed E-state index contributed by atoms with van der Waals surface area (Å²) in [5.74, 6) is 0.0297. The summed E-state index contributed by atoms with van der Waals surface area (Å²) in [6.07, 6.45) is -6.30. The molecule has 1 aromatic carbocycles. The van der Waals surface area contributed by atoms with E-state index in [1.54, 1.807) is 6.92 Å². The Kier molecular flexibility index (Phi) is 7.71. The number of halogens is 3. The Morgan fingerprint density at radius 3 is 2.60 bits per heavy atom. The average molecular weight is 514 g/mol. The van der Waals surface area contributed by atoms with Gasteiger partial charge in [0.1, 0.15) is 23.5 Å². The number of rotatable bonds is 9. The van der Waals surface area contributed by atoms with Crippen molar-refractivity contribution in [2.45, 2.75) is 37.8 Å². The number of aryl methyl sites for hydroxylation is 1. The quantitative estimate of drug-likeness (QED) is 0.274. The van der Waals surface area contributed by atoms with Crippen molar-refractivity contribution in [2.75, 3.05) is 37.0 Å². The van der Waals surface area contributed by atoms with Crippen molar-refractivity contribution < 1.29 is 33.2 Å². The minimum Gasteiger partial charge on any atom is -0.396 e. The molecule has 0 radical (unpaired) electrons. The molecule has 0 aliphatic heterocycles. The van der Waals surface area contributed by atoms with Gasteiger partial charge in [-0.2, -0.15) is 18.2 Å². The van der Waals surface area contributed by atoms with Gasteiger partial charge in [-0.1, -0.05) is 12.1 Å². The van der Waals surface area contributed by atoms with E-state index >= 15 is 0 Å². The number of benzene rings is 1. The molecule has 1 fully saturated rings. The van der Waals surface area contributed by atoms with Crippen molar-refractivity contribution >= 4 is 33.3 Å². The highest BCUT2D eigenvalue weighted by atomic mass is 32.1. The highest BCUT2D eigenvalue weighted by molar-refractivity contribution is 7.21. The lowest BCUT2D eigenvalue weighted by Gasteiger charge is -2.21. The van der Waals surface area contributed by atoms with Crippen LogP contribution in [0.3, 0.4) is 0 Å². The third-order valence-corrected chi connectivity index (χ3v) is 6.81. The lowest BCUT2D eigenvalue weighted by Crippen LogP contribution is -2.35. The first-order valence-electron chi connectivity index (χ1n) is 11.0. The Balaban J connectivity index is 1.61. The second-order valence-corrected chi connectivity index (χ2v) is 9.38. The Bertz CT molecular complexity index is 1130. The number of aliphatic hydroxyl groups is 3. The van der Waals surface area contributed by atoms with Gasteiger partial charge in [0, 0.05) is 19.1 Å². The number of thiazole rings is 1. The number of alkyl halides is 3. The fourth-order valence-electron chi connectivity index (χ4n) is 4.04. The first-order valence-corrected chi connectivity index (χ1v) is 11.8. The predicted octanol–water partition coefficient (Wildman–Crippen LogP) is 2.57. The minimum absolute atomic E-state index is 0.0484. The molecule has 1 unspecified atom stereocenters. The summed E-state index contributed by atoms with van der Waals surface area (Å²) in [5.41, 5.74) is 1.98. The van der Waals surface area contributed by atoms with Gasteiger partial charge in [-0.05, 0) is 25.5 Å². The highest BCUT2D eigenvalue weighted by Gasteiger charge is 2.41. The molecule has 5 N–H and O–H groups in total. The Morgan fingerprint density at radius 1 is 1.14 bits per heavy atom. The Morgan fingerprint density at radius 2 is 1.91 bits per heavy atom. The predicted molar refractivity (Wildman–Crippen MR) is 125 cm³/mol. The zero-order valence-corrected chi connectivity index (χ0v) is 19.6. The standard InChI is InChI=1S/C22H26F3N5O4S/c1-11-16(20-29-13-4-2-3-5-15(13)35-20)19(28-14-8-12(9-31)17(32)18(14)33)30-21(27-11)26-6-7-34-10-22(23,24)25/h2-5,12,14,17-18,31-33H,6-10H2,1H3,(H2,26,27,28,30)/t12-,14?,17-,18+/m1/s1. The molecule has 190 valence electrons. The van der Waals surface area contributed by atoms with Crippen LogP contribution in [-0.4, -0.2) is 81.1 Å². The number of nitrogens with one attached hydrogen (secondary N) is 2. The number of ether oxygens (including phenoxy) is 1. The summed E-state index contributed by atoms with van der Waals surface area (Å²) >= 11 is 1.45. The van der Waals surface area contributed by atoms with Crippen LogP contribution in [0.5, 0.6) is 0 Å². The molecule has 0 amide bonds. The largest absolute Gasteiger partial charge is 0.411 e. The number of para-hydroxylation sites is 1. The second-order valence-electron chi connectivity index (χ2n) is 8.35. The van der Waals surface area contributed by atoms with Gasteiger partial charge in [-0.3, -0.25) is 0 Å². The van der Waals surface area contributed by atoms with E-state index in [0.29, 0.717) is 28.5 Å². The molecule has 3 aromatic rings. The van der Waals surface area contributed by atoms with Gasteiger partial charge >= 0.3 is 6.18 Å². The molecule has 4 rings (SSSR count). The van der Waals surface area contributed by atoms with E-state index in [9.17, 15) is 28.5 Å². The fraction of sp³-hybridized carbons (Fsp3) is 0.500. The molecule has 9 nitrogen and oxygen atoms in total. The van der Waals surface area contributed by atoms with Crippen LogP contribution in [0, 0.1) is 12.8 Å². The van der Waals surface area contributed by atoms with Gasteiger partial charge in [0.2, 0.25) is 5.95 Å². The Hall–Kier alpha value is -2.58. The number of nitrogens with zero attached hydrogens (tertiary/aromatic N) is 3. The van der Waals surface area contributed by atoms with Crippen molar-refractivity contribution in [3.63, 3.8) is 0 Å². The molecule has 1 aliphatic carbocycles. The number of anilines is 2. The minimum atomic E-state index is -4.40. The van der Waals surface area contributed by atoms with Gasteiger partial charge in [0.05, 0.1) is 40.2 Å². The fourth-order valence-corrected chi connectivity index (χ4v) is 5.10. The van der Waals surface area contributed by atoms with Gasteiger partial charge in [-0.15, -0.1) is 11.3 Å². The third kappa shape index (κ3) is 5.98. The van der Waals surface area contributed by atoms with Crippen LogP contribution >= 0.6 is 11.3 Å². The van der Waals surface area contributed by atoms with E-state index in [-0.39, 0.29) is 25.7 Å². The van der Waals surface area contributed by atoms with Crippen molar-refractivity contribution in [1.29, 1.82) is 0 Å². The molecule has 13 heteroatoms. The molecule has 2 aromatic heterocycles. The molecule has 0 spiro atoms. The molecule has 35 heavy (non-hydrogen) atoms. The topological polar surface area (TPSA) is 133 Å². The monoisotopic (exact) mass is 513 g/mol. The van der Waals surface area contributed by atoms with Crippen LogP contribution < -0.4 is 10.6 Å². The smallest absolute Gasteiger partial charge is 0.396 e. The maximum absolute atomic E-state index is 12.3. The van der Waals surface area contributed by atoms with Crippen LogP contribution in [0.4, 0.5) is 24.9 Å². The average Bonchev–Trinajstić information content (AvgIpc) is 3.34. The molecule has 1 saturated carbocycles. The lowest BCUT2D eigenvalue weighted by atomic mass is 10.1. The molecule has 0 bridgehead atoms. The van der Waals surface area contributed by atoms with Gasteiger partial charge in [0.25, 0.3) is 0 Å². The van der Waals surface area contributed by atoms with E-state index in [2.05, 4.69) is 30.3 Å². The maximum Gasteiger partial charge on any atom is 0.411 e. The summed E-state index contributed by atoms with van der Waals surface area (Å²) in [6.45, 7) is -0.000641. The Labute approximate surface area is 203 Å². The number of aromatic nitrogens is 3. The first-order chi connectivity index (χ1) is 16.7. The number of aliphatic hydroxyl groups excluding tert-OH is 3. The SMILES string of the molecule is Cc1nc(NCCOCC(F)(F)F)nc(NC2C[C@H](CO)[C@@H](O)[C@H]2O)c1-c1nc2ccccc2s1. The maximum atomic E-state index is 12.3. The molecule has 0 saturated heterocycles. The van der Waals surface area contributed by atoms with Crippen molar-refractivity contribution in [3.8, 4) is 10.6 Å². The van der Waals surface area contributed by atoms with E-state index in [4.69, 9.17) is 0 Å². The van der Waals surface area contributed by atoms with Crippen molar-refractivity contribution in [1.82, 2.24) is 15.0 Å². The summed E-state index contributed by atoms with van der Waals surface area (Å²) in [5, 5.41) is 36.9. The van der Waals surface area contributed by atoms with Crippen LogP contribution in [0.2, 0.25) is 0 Å². The van der Waals surface area contributed by atoms with Gasteiger partial charge in [-0.25, -0.2) is 9.97 Å². The van der Waals surface area contributed by atoms with Gasteiger partial charge in [0.15, 0.2) is 0 Å². The van der Waals surface area contributed by atoms with Crippen molar-refractivity contribution in [2.24, 2.45) is 5.92 Å². The summed E-state index contributed by atoms with van der Waals surface area (Å²) in [7, 11) is 0. The highest BCUT2D eigenvalue weighted by Crippen LogP contribution is 2.38. The molecule has 2 heterocycles. The van der Waals surface area contributed by atoms with Crippen molar-refractivity contribution in [3.05, 3.63) is 30.0 Å². The third-order valence-electron chi connectivity index (χ3n) is 5.75. The van der Waals surface area contributed by atoms with Crippen LogP contribution in [0.25, 0.3) is 20.8 Å². The summed E-state index contributed by atoms with van der Waals surface area (Å²) in [4.78, 5) is 13.6. The van der Waals surface area contributed by atoms with Gasteiger partial charge < -0.3 is 30.7 Å². The van der Waals surface area contributed by atoms with Crippen LogP contribution in [-0.2, 0) is 4.74 Å². The zero-order valence-electron chi connectivity index (χ0n) is 18.8. The van der Waals surface area contributed by atoms with E-state index in [0.717, 1.165) is 10.2 Å². The van der Waals surface area contributed by atoms with Crippen LogP contribution in [0.15, 0.2) is 24.3 Å². The first kappa shape index (κ1) is 25.5. The molecular weight excluding hydrogens is 487 g/mol. The van der Waals surface area contributed by atoms with E-state index in [1.165, 1.54) is 11.3 Å². The zero-order chi connectivity index (χ0) is 25.2. The van der Waals surface area contributed by atoms with Crippen LogP contribution in [0.1, 0.15) is 12.1 Å². The second kappa shape index (κ2) is 10.6. The number of fused-ring (bicyclic) bond motifs is 1. The molecule has 4 atom stereocenters. The van der Waals surface area contributed by atoms with E-state index in [1.807, 2.05) is 24.3 Å². The number of hydrogen-bond acceptors (Lipinski definition) is 10. The van der Waals surface area contributed by atoms with E-state index < -0.39 is 37.0 Å². The normalized spacial score (nSPS) is 22.6. The summed E-state index contributed by atoms with van der Waals surface area (Å²) in [6, 6.07) is 7.03. The molecular formula is C22H26F3N5O4S. The number of hydrogen-bond donors (Lipinski definition) is 5. The lowest BCUT2D eigenvalue weighted by molar-refractivity contribution is -0.172. The molecule has 1 aliphatic rings. The summed E-state index contributed by atoms with van der Waals surface area (Å²) < 4.78 is 42.4.